The standard InChI is InChI=1S/C14H18N4O/c1-9(2)18-13(12-4-3-6-16-12)17-11-5-7-15-8-10(11)14(18)19/h5,7-9,12,16H,3-4,6H2,1-2H3. The van der Waals surface area contributed by atoms with E-state index in [1.165, 1.54) is 0 Å². The molecule has 19 heavy (non-hydrogen) atoms. The van der Waals surface area contributed by atoms with Crippen molar-refractivity contribution in [2.24, 2.45) is 0 Å². The number of hydrogen-bond acceptors (Lipinski definition) is 4. The Labute approximate surface area is 111 Å². The van der Waals surface area contributed by atoms with Crippen LogP contribution in [-0.2, 0) is 0 Å². The average molecular weight is 258 g/mol. The first kappa shape index (κ1) is 12.3. The lowest BCUT2D eigenvalue weighted by atomic mass is 10.2. The Morgan fingerprint density at radius 2 is 2.32 bits per heavy atom. The molecule has 0 bridgehead atoms. The van der Waals surface area contributed by atoms with Gasteiger partial charge in [0.25, 0.3) is 5.56 Å². The highest BCUT2D eigenvalue weighted by atomic mass is 16.1. The predicted octanol–water partition coefficient (Wildman–Crippen LogP) is 1.80. The molecule has 0 spiro atoms. The summed E-state index contributed by atoms with van der Waals surface area (Å²) in [7, 11) is 0. The first-order valence-electron chi connectivity index (χ1n) is 6.78. The van der Waals surface area contributed by atoms with Crippen molar-refractivity contribution in [2.75, 3.05) is 6.54 Å². The molecule has 1 unspecified atom stereocenters. The van der Waals surface area contributed by atoms with Gasteiger partial charge in [-0.05, 0) is 39.3 Å². The Morgan fingerprint density at radius 3 is 3.00 bits per heavy atom. The minimum atomic E-state index is 0.0109. The molecule has 1 aliphatic rings. The van der Waals surface area contributed by atoms with Gasteiger partial charge < -0.3 is 5.32 Å². The minimum absolute atomic E-state index is 0.0109. The van der Waals surface area contributed by atoms with Gasteiger partial charge in [0.15, 0.2) is 0 Å². The third kappa shape index (κ3) is 2.04. The van der Waals surface area contributed by atoms with E-state index in [2.05, 4.69) is 10.3 Å². The third-order valence-electron chi connectivity index (χ3n) is 3.62. The van der Waals surface area contributed by atoms with E-state index in [1.54, 1.807) is 23.0 Å². The zero-order chi connectivity index (χ0) is 13.4. The first-order valence-corrected chi connectivity index (χ1v) is 6.78. The molecule has 0 aliphatic carbocycles. The topological polar surface area (TPSA) is 59.8 Å². The summed E-state index contributed by atoms with van der Waals surface area (Å²) in [4.78, 5) is 21.3. The SMILES string of the molecule is CC(C)n1c(C2CCCN2)nc2ccncc2c1=O. The van der Waals surface area contributed by atoms with E-state index in [-0.39, 0.29) is 17.6 Å². The van der Waals surface area contributed by atoms with Crippen LogP contribution in [0, 0.1) is 0 Å². The van der Waals surface area contributed by atoms with Crippen molar-refractivity contribution >= 4 is 10.9 Å². The van der Waals surface area contributed by atoms with E-state index >= 15 is 0 Å². The normalized spacial score (nSPS) is 19.4. The molecule has 1 saturated heterocycles. The number of pyridine rings is 1. The van der Waals surface area contributed by atoms with Gasteiger partial charge >= 0.3 is 0 Å². The number of rotatable bonds is 2. The molecule has 1 N–H and O–H groups in total. The fraction of sp³-hybridized carbons (Fsp3) is 0.500. The second-order valence-corrected chi connectivity index (χ2v) is 5.28. The van der Waals surface area contributed by atoms with Gasteiger partial charge in [0, 0.05) is 18.4 Å². The molecular formula is C14H18N4O. The molecule has 5 nitrogen and oxygen atoms in total. The van der Waals surface area contributed by atoms with Gasteiger partial charge in [-0.15, -0.1) is 0 Å². The molecule has 0 aromatic carbocycles. The fourth-order valence-electron chi connectivity index (χ4n) is 2.71. The van der Waals surface area contributed by atoms with E-state index in [9.17, 15) is 4.79 Å². The molecule has 5 heteroatoms. The summed E-state index contributed by atoms with van der Waals surface area (Å²) in [6.07, 6.45) is 5.46. The zero-order valence-corrected chi connectivity index (χ0v) is 11.3. The number of fused-ring (bicyclic) bond motifs is 1. The van der Waals surface area contributed by atoms with Crippen LogP contribution < -0.4 is 10.9 Å². The Bertz CT molecular complexity index is 656. The van der Waals surface area contributed by atoms with Gasteiger partial charge in [-0.1, -0.05) is 0 Å². The lowest BCUT2D eigenvalue weighted by Crippen LogP contribution is -2.31. The van der Waals surface area contributed by atoms with E-state index in [1.807, 2.05) is 13.8 Å². The van der Waals surface area contributed by atoms with Crippen LogP contribution in [-0.4, -0.2) is 21.1 Å². The average Bonchev–Trinajstić information content (AvgIpc) is 2.92. The van der Waals surface area contributed by atoms with Gasteiger partial charge in [-0.2, -0.15) is 0 Å². The van der Waals surface area contributed by atoms with Crippen LogP contribution in [0.25, 0.3) is 10.9 Å². The van der Waals surface area contributed by atoms with Crippen molar-refractivity contribution in [1.29, 1.82) is 0 Å². The van der Waals surface area contributed by atoms with E-state index < -0.39 is 0 Å². The fourth-order valence-corrected chi connectivity index (χ4v) is 2.71. The molecule has 3 rings (SSSR count). The van der Waals surface area contributed by atoms with Gasteiger partial charge in [0.1, 0.15) is 5.82 Å². The van der Waals surface area contributed by atoms with Gasteiger partial charge in [-0.25, -0.2) is 4.98 Å². The monoisotopic (exact) mass is 258 g/mol. The predicted molar refractivity (Wildman–Crippen MR) is 74.2 cm³/mol. The van der Waals surface area contributed by atoms with E-state index in [0.29, 0.717) is 5.39 Å². The van der Waals surface area contributed by atoms with Crippen molar-refractivity contribution in [1.82, 2.24) is 19.9 Å². The smallest absolute Gasteiger partial charge is 0.263 e. The van der Waals surface area contributed by atoms with Crippen molar-refractivity contribution in [3.63, 3.8) is 0 Å². The number of hydrogen-bond donors (Lipinski definition) is 1. The summed E-state index contributed by atoms with van der Waals surface area (Å²) in [5.41, 5.74) is 0.748. The molecule has 0 radical (unpaired) electrons. The zero-order valence-electron chi connectivity index (χ0n) is 11.3. The summed E-state index contributed by atoms with van der Waals surface area (Å²) in [5, 5.41) is 4.02. The lowest BCUT2D eigenvalue weighted by Gasteiger charge is -2.20. The maximum atomic E-state index is 12.6. The van der Waals surface area contributed by atoms with Crippen LogP contribution in [0.2, 0.25) is 0 Å². The third-order valence-corrected chi connectivity index (χ3v) is 3.62. The quantitative estimate of drug-likeness (QED) is 0.892. The van der Waals surface area contributed by atoms with Crippen LogP contribution in [0.3, 0.4) is 0 Å². The first-order chi connectivity index (χ1) is 9.18. The van der Waals surface area contributed by atoms with Crippen LogP contribution >= 0.6 is 0 Å². The van der Waals surface area contributed by atoms with Crippen molar-refractivity contribution < 1.29 is 0 Å². The van der Waals surface area contributed by atoms with Crippen LogP contribution in [0.15, 0.2) is 23.3 Å². The lowest BCUT2D eigenvalue weighted by molar-refractivity contribution is 0.485. The maximum absolute atomic E-state index is 12.6. The number of aromatic nitrogens is 3. The summed E-state index contributed by atoms with van der Waals surface area (Å²) in [6, 6.07) is 2.09. The summed E-state index contributed by atoms with van der Waals surface area (Å²) >= 11 is 0. The molecule has 3 heterocycles. The van der Waals surface area contributed by atoms with E-state index in [4.69, 9.17) is 4.98 Å². The molecule has 0 saturated carbocycles. The second-order valence-electron chi connectivity index (χ2n) is 5.28. The van der Waals surface area contributed by atoms with Gasteiger partial charge in [0.2, 0.25) is 0 Å². The molecular weight excluding hydrogens is 240 g/mol. The Morgan fingerprint density at radius 1 is 1.47 bits per heavy atom. The number of nitrogens with zero attached hydrogens (tertiary/aromatic N) is 3. The van der Waals surface area contributed by atoms with Crippen molar-refractivity contribution in [3.8, 4) is 0 Å². The molecule has 0 amide bonds. The molecule has 1 atom stereocenters. The highest BCUT2D eigenvalue weighted by molar-refractivity contribution is 5.76. The van der Waals surface area contributed by atoms with Crippen molar-refractivity contribution in [3.05, 3.63) is 34.6 Å². The Kier molecular flexibility index (Phi) is 3.06. The molecule has 1 fully saturated rings. The maximum Gasteiger partial charge on any atom is 0.263 e. The Balaban J connectivity index is 2.29. The van der Waals surface area contributed by atoms with Crippen molar-refractivity contribution in [2.45, 2.75) is 38.8 Å². The number of nitrogens with one attached hydrogen (secondary N) is 1. The van der Waals surface area contributed by atoms with Gasteiger partial charge in [0.05, 0.1) is 16.9 Å². The van der Waals surface area contributed by atoms with Crippen LogP contribution in [0.1, 0.15) is 44.6 Å². The minimum Gasteiger partial charge on any atom is -0.307 e. The van der Waals surface area contributed by atoms with Crippen LogP contribution in [0.4, 0.5) is 0 Å². The summed E-state index contributed by atoms with van der Waals surface area (Å²) in [5.74, 6) is 0.858. The highest BCUT2D eigenvalue weighted by Gasteiger charge is 2.23. The summed E-state index contributed by atoms with van der Waals surface area (Å²) < 4.78 is 1.80. The largest absolute Gasteiger partial charge is 0.307 e. The molecule has 100 valence electrons. The van der Waals surface area contributed by atoms with Crippen LogP contribution in [0.5, 0.6) is 0 Å². The summed E-state index contributed by atoms with van der Waals surface area (Å²) in [6.45, 7) is 5.03. The molecule has 2 aromatic rings. The Hall–Kier alpha value is -1.75. The van der Waals surface area contributed by atoms with E-state index in [0.717, 1.165) is 30.7 Å². The van der Waals surface area contributed by atoms with Gasteiger partial charge in [-0.3, -0.25) is 14.3 Å². The highest BCUT2D eigenvalue weighted by Crippen LogP contribution is 2.23. The second kappa shape index (κ2) is 4.74. The molecule has 2 aromatic heterocycles. The molecule has 1 aliphatic heterocycles.